The average molecular weight is 378 g/mol. The number of aromatic nitrogens is 3. The number of rotatable bonds is 6. The molecule has 26 heavy (non-hydrogen) atoms. The van der Waals surface area contributed by atoms with Crippen molar-refractivity contribution in [2.24, 2.45) is 7.05 Å². The van der Waals surface area contributed by atoms with Gasteiger partial charge < -0.3 is 14.8 Å². The highest BCUT2D eigenvalue weighted by molar-refractivity contribution is 7.98. The third kappa shape index (κ3) is 4.62. The molecule has 2 atom stereocenters. The number of amides is 1. The molecule has 0 spiro atoms. The van der Waals surface area contributed by atoms with Crippen molar-refractivity contribution in [3.63, 3.8) is 0 Å². The van der Waals surface area contributed by atoms with E-state index in [0.717, 1.165) is 42.5 Å². The van der Waals surface area contributed by atoms with Crippen LogP contribution in [0.4, 0.5) is 4.39 Å². The largest absolute Gasteiger partial charge is 0.347 e. The molecule has 1 unspecified atom stereocenters. The van der Waals surface area contributed by atoms with Crippen LogP contribution in [0.3, 0.4) is 0 Å². The number of halogens is 1. The Hall–Kier alpha value is -1.93. The van der Waals surface area contributed by atoms with Gasteiger partial charge in [0.15, 0.2) is 11.7 Å². The van der Waals surface area contributed by atoms with Crippen LogP contribution >= 0.6 is 11.8 Å². The minimum Gasteiger partial charge on any atom is -0.347 e. The number of carbonyl (C=O) groups is 1. The zero-order valence-electron chi connectivity index (χ0n) is 15.2. The molecule has 1 aliphatic heterocycles. The predicted molar refractivity (Wildman–Crippen MR) is 98.6 cm³/mol. The molecular formula is C18H25FN5OS+. The Morgan fingerprint density at radius 1 is 1.38 bits per heavy atom. The lowest BCUT2D eigenvalue weighted by molar-refractivity contribution is -0.898. The molecule has 2 heterocycles. The fourth-order valence-electron chi connectivity index (χ4n) is 3.48. The van der Waals surface area contributed by atoms with E-state index in [0.29, 0.717) is 19.0 Å². The van der Waals surface area contributed by atoms with Crippen LogP contribution in [-0.4, -0.2) is 46.6 Å². The van der Waals surface area contributed by atoms with E-state index < -0.39 is 0 Å². The maximum Gasteiger partial charge on any atom is 0.275 e. The molecule has 1 fully saturated rings. The monoisotopic (exact) mass is 378 g/mol. The number of likely N-dealkylation sites (tertiary alicyclic amines) is 1. The first-order chi connectivity index (χ1) is 12.6. The van der Waals surface area contributed by atoms with Crippen molar-refractivity contribution in [3.05, 3.63) is 41.5 Å². The second-order valence-electron chi connectivity index (χ2n) is 6.73. The molecule has 0 bridgehead atoms. The summed E-state index contributed by atoms with van der Waals surface area (Å²) in [4.78, 5) is 13.5. The van der Waals surface area contributed by atoms with E-state index in [9.17, 15) is 9.18 Å². The Labute approximate surface area is 157 Å². The van der Waals surface area contributed by atoms with Crippen LogP contribution in [0.5, 0.6) is 0 Å². The molecule has 0 radical (unpaired) electrons. The fraction of sp³-hybridized carbons (Fsp3) is 0.500. The second kappa shape index (κ2) is 8.64. The molecule has 1 amide bonds. The first kappa shape index (κ1) is 18.8. The molecule has 2 aromatic rings. The van der Waals surface area contributed by atoms with Crippen molar-refractivity contribution in [2.45, 2.75) is 30.5 Å². The molecule has 1 saturated heterocycles. The summed E-state index contributed by atoms with van der Waals surface area (Å²) in [5, 5.41) is 12.4. The molecular weight excluding hydrogens is 353 g/mol. The van der Waals surface area contributed by atoms with Gasteiger partial charge >= 0.3 is 0 Å². The lowest BCUT2D eigenvalue weighted by Crippen LogP contribution is -3.14. The topological polar surface area (TPSA) is 64.2 Å². The Morgan fingerprint density at radius 3 is 2.85 bits per heavy atom. The maximum absolute atomic E-state index is 12.9. The number of quaternary nitrogens is 1. The van der Waals surface area contributed by atoms with Gasteiger partial charge in [0.1, 0.15) is 11.6 Å². The van der Waals surface area contributed by atoms with E-state index in [-0.39, 0.29) is 11.7 Å². The van der Waals surface area contributed by atoms with Gasteiger partial charge in [0.25, 0.3) is 5.91 Å². The van der Waals surface area contributed by atoms with Crippen LogP contribution in [0.15, 0.2) is 29.4 Å². The van der Waals surface area contributed by atoms with Gasteiger partial charge in [-0.15, -0.1) is 10.2 Å². The third-order valence-electron chi connectivity index (χ3n) is 4.85. The number of piperidine rings is 1. The number of hydrogen-bond acceptors (Lipinski definition) is 4. The number of hydrogen-bond donors (Lipinski definition) is 2. The minimum atomic E-state index is -0.266. The van der Waals surface area contributed by atoms with Crippen LogP contribution in [-0.2, 0) is 18.4 Å². The maximum atomic E-state index is 12.9. The highest BCUT2D eigenvalue weighted by Crippen LogP contribution is 2.22. The van der Waals surface area contributed by atoms with E-state index in [1.165, 1.54) is 17.0 Å². The molecule has 2 N–H and O–H groups in total. The fourth-order valence-corrected chi connectivity index (χ4v) is 3.97. The van der Waals surface area contributed by atoms with Crippen molar-refractivity contribution in [3.8, 4) is 0 Å². The summed E-state index contributed by atoms with van der Waals surface area (Å²) in [6, 6.07) is 6.20. The van der Waals surface area contributed by atoms with E-state index >= 15 is 0 Å². The van der Waals surface area contributed by atoms with Crippen molar-refractivity contribution >= 4 is 17.7 Å². The average Bonchev–Trinajstić information content (AvgIpc) is 3.02. The summed E-state index contributed by atoms with van der Waals surface area (Å²) in [5.41, 5.74) is 0.898. The van der Waals surface area contributed by atoms with Gasteiger partial charge in [-0.2, -0.15) is 0 Å². The van der Waals surface area contributed by atoms with E-state index in [4.69, 9.17) is 0 Å². The minimum absolute atomic E-state index is 0.0211. The van der Waals surface area contributed by atoms with Crippen LogP contribution < -0.4 is 10.2 Å². The second-order valence-corrected chi connectivity index (χ2v) is 7.50. The third-order valence-corrected chi connectivity index (χ3v) is 5.57. The van der Waals surface area contributed by atoms with E-state index in [2.05, 4.69) is 20.1 Å². The first-order valence-electron chi connectivity index (χ1n) is 8.84. The molecule has 8 heteroatoms. The van der Waals surface area contributed by atoms with Gasteiger partial charge in [-0.25, -0.2) is 4.39 Å². The smallest absolute Gasteiger partial charge is 0.275 e. The van der Waals surface area contributed by atoms with Gasteiger partial charge in [-0.05, 0) is 36.8 Å². The van der Waals surface area contributed by atoms with Gasteiger partial charge in [0.2, 0.25) is 0 Å². The SMILES string of the molecule is CSc1nnc([C@H]2CCC[NH+](CC(=O)NCc3ccc(F)cc3)C2)n1C. The summed E-state index contributed by atoms with van der Waals surface area (Å²) in [6.07, 6.45) is 4.16. The highest BCUT2D eigenvalue weighted by Gasteiger charge is 2.29. The molecule has 140 valence electrons. The predicted octanol–water partition coefficient (Wildman–Crippen LogP) is 0.755. The lowest BCUT2D eigenvalue weighted by atomic mass is 9.97. The number of carbonyl (C=O) groups excluding carboxylic acids is 1. The van der Waals surface area contributed by atoms with Crippen molar-refractivity contribution in [1.29, 1.82) is 0 Å². The van der Waals surface area contributed by atoms with Crippen LogP contribution in [0, 0.1) is 5.82 Å². The number of nitrogens with zero attached hydrogens (tertiary/aromatic N) is 3. The van der Waals surface area contributed by atoms with Crippen LogP contribution in [0.25, 0.3) is 0 Å². The van der Waals surface area contributed by atoms with E-state index in [1.807, 2.05) is 13.3 Å². The summed E-state index contributed by atoms with van der Waals surface area (Å²) in [5.74, 6) is 1.10. The highest BCUT2D eigenvalue weighted by atomic mass is 32.2. The van der Waals surface area contributed by atoms with Crippen LogP contribution in [0.2, 0.25) is 0 Å². The van der Waals surface area contributed by atoms with Gasteiger partial charge in [0.05, 0.1) is 19.0 Å². The number of nitrogens with one attached hydrogen (secondary N) is 2. The normalized spacial score (nSPS) is 20.1. The zero-order valence-corrected chi connectivity index (χ0v) is 16.0. The number of benzene rings is 1. The summed E-state index contributed by atoms with van der Waals surface area (Å²) in [7, 11) is 2.00. The lowest BCUT2D eigenvalue weighted by Gasteiger charge is -2.28. The Morgan fingerprint density at radius 2 is 2.15 bits per heavy atom. The van der Waals surface area contributed by atoms with Crippen LogP contribution in [0.1, 0.15) is 30.1 Å². The quantitative estimate of drug-likeness (QED) is 0.729. The van der Waals surface area contributed by atoms with Gasteiger partial charge in [0, 0.05) is 13.6 Å². The molecule has 0 aliphatic carbocycles. The van der Waals surface area contributed by atoms with E-state index in [1.54, 1.807) is 23.9 Å². The van der Waals surface area contributed by atoms with Gasteiger partial charge in [-0.3, -0.25) is 4.79 Å². The Bertz CT molecular complexity index is 749. The summed E-state index contributed by atoms with van der Waals surface area (Å²) >= 11 is 1.59. The molecule has 1 aromatic carbocycles. The molecule has 3 rings (SSSR count). The standard InChI is InChI=1S/C18H24FN5OS/c1-23-17(21-22-18(23)26-2)14-4-3-9-24(11-14)12-16(25)20-10-13-5-7-15(19)8-6-13/h5-8,14H,3-4,9-12H2,1-2H3,(H,20,25)/p+1/t14-/m0/s1. The van der Waals surface area contributed by atoms with Crippen molar-refractivity contribution in [2.75, 3.05) is 25.9 Å². The first-order valence-corrected chi connectivity index (χ1v) is 10.1. The summed E-state index contributed by atoms with van der Waals surface area (Å²) in [6.45, 7) is 2.76. The zero-order chi connectivity index (χ0) is 18.5. The number of thioether (sulfide) groups is 1. The Balaban J connectivity index is 1.52. The van der Waals surface area contributed by atoms with Gasteiger partial charge in [-0.1, -0.05) is 23.9 Å². The Kier molecular flexibility index (Phi) is 6.26. The molecule has 1 aliphatic rings. The van der Waals surface area contributed by atoms with Crippen molar-refractivity contribution in [1.82, 2.24) is 20.1 Å². The molecule has 6 nitrogen and oxygen atoms in total. The molecule has 1 aromatic heterocycles. The van der Waals surface area contributed by atoms with Crippen molar-refractivity contribution < 1.29 is 14.1 Å². The molecule has 0 saturated carbocycles. The summed E-state index contributed by atoms with van der Waals surface area (Å²) < 4.78 is 15.0.